The predicted octanol–water partition coefficient (Wildman–Crippen LogP) is 0.922. The largest absolute Gasteiger partial charge is 0.389 e. The monoisotopic (exact) mass is 329 g/mol. The van der Waals surface area contributed by atoms with Gasteiger partial charge in [0.15, 0.2) is 11.8 Å². The Labute approximate surface area is 139 Å². The van der Waals surface area contributed by atoms with Crippen molar-refractivity contribution in [3.8, 4) is 0 Å². The summed E-state index contributed by atoms with van der Waals surface area (Å²) in [5.41, 5.74) is 1.10. The van der Waals surface area contributed by atoms with E-state index in [-0.39, 0.29) is 24.0 Å². The van der Waals surface area contributed by atoms with Crippen LogP contribution in [0, 0.1) is 5.92 Å². The predicted molar refractivity (Wildman–Crippen MR) is 86.4 cm³/mol. The minimum absolute atomic E-state index is 0.0467. The number of amides is 3. The molecule has 0 radical (unpaired) electrons. The van der Waals surface area contributed by atoms with E-state index in [4.69, 9.17) is 4.84 Å². The lowest BCUT2D eigenvalue weighted by Gasteiger charge is -2.19. The maximum absolute atomic E-state index is 12.5. The van der Waals surface area contributed by atoms with Crippen LogP contribution in [0.15, 0.2) is 29.7 Å². The summed E-state index contributed by atoms with van der Waals surface area (Å²) < 4.78 is 0. The third kappa shape index (κ3) is 2.68. The molecule has 3 amide bonds. The summed E-state index contributed by atoms with van der Waals surface area (Å²) in [6.07, 6.45) is 5.08. The van der Waals surface area contributed by atoms with Gasteiger partial charge in [-0.05, 0) is 25.0 Å². The van der Waals surface area contributed by atoms with Crippen LogP contribution in [0.25, 0.3) is 0 Å². The number of oxime groups is 1. The van der Waals surface area contributed by atoms with Gasteiger partial charge in [-0.15, -0.1) is 0 Å². The zero-order chi connectivity index (χ0) is 16.5. The molecular formula is C16H19N5O3. The molecule has 8 nitrogen and oxygen atoms in total. The summed E-state index contributed by atoms with van der Waals surface area (Å²) >= 11 is 0. The molecule has 1 aromatic heterocycles. The number of aromatic nitrogens is 1. The molecule has 24 heavy (non-hydrogen) atoms. The summed E-state index contributed by atoms with van der Waals surface area (Å²) in [4.78, 5) is 37.8. The first-order valence-corrected chi connectivity index (χ1v) is 8.21. The molecule has 2 atom stereocenters. The van der Waals surface area contributed by atoms with Crippen molar-refractivity contribution in [1.82, 2.24) is 14.8 Å². The first-order chi connectivity index (χ1) is 11.7. The number of rotatable bonds is 2. The number of hydrogen-bond acceptors (Lipinski definition) is 5. The maximum atomic E-state index is 12.5. The molecule has 0 spiro atoms. The Balaban J connectivity index is 1.40. The maximum Gasteiger partial charge on any atom is 0.322 e. The van der Waals surface area contributed by atoms with Crippen molar-refractivity contribution >= 4 is 23.3 Å². The summed E-state index contributed by atoms with van der Waals surface area (Å²) in [5, 5.41) is 6.81. The molecule has 0 saturated carbocycles. The Kier molecular flexibility index (Phi) is 3.79. The number of nitrogens with one attached hydrogen (secondary N) is 1. The van der Waals surface area contributed by atoms with E-state index in [9.17, 15) is 9.59 Å². The van der Waals surface area contributed by atoms with Crippen LogP contribution in [-0.4, -0.2) is 64.7 Å². The van der Waals surface area contributed by atoms with Crippen LogP contribution >= 0.6 is 0 Å². The number of carbonyl (C=O) groups excluding carboxylic acids is 2. The minimum Gasteiger partial charge on any atom is -0.389 e. The second-order valence-electron chi connectivity index (χ2n) is 6.30. The van der Waals surface area contributed by atoms with E-state index in [1.807, 2.05) is 4.90 Å². The molecule has 126 valence electrons. The summed E-state index contributed by atoms with van der Waals surface area (Å²) in [5.74, 6) is -0.188. The number of nitrogens with zero attached hydrogens (tertiary/aromatic N) is 4. The standard InChI is InChI=1S/C16H19N5O3/c22-15(20-6-1-2-7-20)14-12-9-21(10-13(12)24-19-14)16(23)18-11-4-3-5-17-8-11/h3-5,8,12-13H,1-2,6-7,9-10H2,(H,18,23). The molecule has 2 unspecified atom stereocenters. The highest BCUT2D eigenvalue weighted by Gasteiger charge is 2.47. The van der Waals surface area contributed by atoms with Gasteiger partial charge in [-0.3, -0.25) is 9.78 Å². The van der Waals surface area contributed by atoms with Gasteiger partial charge >= 0.3 is 6.03 Å². The Morgan fingerprint density at radius 1 is 1.21 bits per heavy atom. The first kappa shape index (κ1) is 14.9. The molecule has 0 bridgehead atoms. The van der Waals surface area contributed by atoms with Crippen LogP contribution in [0.2, 0.25) is 0 Å². The molecular weight excluding hydrogens is 310 g/mol. The lowest BCUT2D eigenvalue weighted by atomic mass is 10.00. The van der Waals surface area contributed by atoms with Gasteiger partial charge in [-0.1, -0.05) is 5.16 Å². The van der Waals surface area contributed by atoms with Crippen molar-refractivity contribution in [2.75, 3.05) is 31.5 Å². The summed E-state index contributed by atoms with van der Waals surface area (Å²) in [6.45, 7) is 2.42. The fourth-order valence-electron chi connectivity index (χ4n) is 3.42. The van der Waals surface area contributed by atoms with E-state index < -0.39 is 0 Å². The highest BCUT2D eigenvalue weighted by molar-refractivity contribution is 6.40. The van der Waals surface area contributed by atoms with Gasteiger partial charge in [0.1, 0.15) is 0 Å². The normalized spacial score (nSPS) is 25.2. The van der Waals surface area contributed by atoms with Crippen molar-refractivity contribution in [1.29, 1.82) is 0 Å². The molecule has 4 rings (SSSR count). The van der Waals surface area contributed by atoms with Gasteiger partial charge in [0.2, 0.25) is 0 Å². The molecule has 0 aliphatic carbocycles. The molecule has 8 heteroatoms. The van der Waals surface area contributed by atoms with Crippen LogP contribution in [0.1, 0.15) is 12.8 Å². The molecule has 4 heterocycles. The van der Waals surface area contributed by atoms with Gasteiger partial charge < -0.3 is 20.0 Å². The number of pyridine rings is 1. The van der Waals surface area contributed by atoms with Crippen molar-refractivity contribution in [3.05, 3.63) is 24.5 Å². The number of anilines is 1. The number of likely N-dealkylation sites (tertiary alicyclic amines) is 2. The average molecular weight is 329 g/mol. The smallest absolute Gasteiger partial charge is 0.322 e. The molecule has 3 aliphatic rings. The Morgan fingerprint density at radius 2 is 2.04 bits per heavy atom. The van der Waals surface area contributed by atoms with Gasteiger partial charge in [-0.2, -0.15) is 0 Å². The van der Waals surface area contributed by atoms with E-state index in [0.29, 0.717) is 24.5 Å². The number of urea groups is 1. The second-order valence-corrected chi connectivity index (χ2v) is 6.30. The fraction of sp³-hybridized carbons (Fsp3) is 0.500. The Bertz CT molecular complexity index is 672. The van der Waals surface area contributed by atoms with Crippen molar-refractivity contribution in [2.24, 2.45) is 11.1 Å². The molecule has 2 fully saturated rings. The number of hydrogen-bond donors (Lipinski definition) is 1. The Morgan fingerprint density at radius 3 is 2.79 bits per heavy atom. The zero-order valence-corrected chi connectivity index (χ0v) is 13.2. The highest BCUT2D eigenvalue weighted by atomic mass is 16.6. The molecule has 0 aromatic carbocycles. The minimum atomic E-state index is -0.230. The molecule has 1 N–H and O–H groups in total. The van der Waals surface area contributed by atoms with Crippen LogP contribution in [0.3, 0.4) is 0 Å². The molecule has 2 saturated heterocycles. The first-order valence-electron chi connectivity index (χ1n) is 8.21. The number of fused-ring (bicyclic) bond motifs is 1. The Hall–Kier alpha value is -2.64. The van der Waals surface area contributed by atoms with Gasteiger partial charge in [-0.25, -0.2) is 4.79 Å². The van der Waals surface area contributed by atoms with Crippen molar-refractivity contribution in [2.45, 2.75) is 18.9 Å². The van der Waals surface area contributed by atoms with E-state index in [2.05, 4.69) is 15.5 Å². The summed E-state index contributed by atoms with van der Waals surface area (Å²) in [7, 11) is 0. The summed E-state index contributed by atoms with van der Waals surface area (Å²) in [6, 6.07) is 3.33. The lowest BCUT2D eigenvalue weighted by Crippen LogP contribution is -2.39. The third-order valence-corrected chi connectivity index (χ3v) is 4.72. The van der Waals surface area contributed by atoms with Crippen LogP contribution < -0.4 is 5.32 Å². The molecule has 3 aliphatic heterocycles. The van der Waals surface area contributed by atoms with Gasteiger partial charge in [0, 0.05) is 25.8 Å². The lowest BCUT2D eigenvalue weighted by molar-refractivity contribution is -0.123. The van der Waals surface area contributed by atoms with Crippen molar-refractivity contribution < 1.29 is 14.4 Å². The topological polar surface area (TPSA) is 87.1 Å². The van der Waals surface area contributed by atoms with Crippen LogP contribution in [0.5, 0.6) is 0 Å². The van der Waals surface area contributed by atoms with Crippen molar-refractivity contribution in [3.63, 3.8) is 0 Å². The third-order valence-electron chi connectivity index (χ3n) is 4.72. The van der Waals surface area contributed by atoms with Gasteiger partial charge in [0.05, 0.1) is 24.3 Å². The molecule has 1 aromatic rings. The van der Waals surface area contributed by atoms with E-state index in [0.717, 1.165) is 25.9 Å². The van der Waals surface area contributed by atoms with Gasteiger partial charge in [0.25, 0.3) is 5.91 Å². The quantitative estimate of drug-likeness (QED) is 0.874. The zero-order valence-electron chi connectivity index (χ0n) is 13.2. The van der Waals surface area contributed by atoms with E-state index >= 15 is 0 Å². The van der Waals surface area contributed by atoms with Crippen LogP contribution in [-0.2, 0) is 9.63 Å². The second kappa shape index (κ2) is 6.10. The van der Waals surface area contributed by atoms with E-state index in [1.54, 1.807) is 29.4 Å². The fourth-order valence-corrected chi connectivity index (χ4v) is 3.42. The van der Waals surface area contributed by atoms with Crippen LogP contribution in [0.4, 0.5) is 10.5 Å². The SMILES string of the molecule is O=C(Nc1cccnc1)N1CC2ON=C(C(=O)N3CCCC3)C2C1. The number of carbonyl (C=O) groups is 2. The average Bonchev–Trinajstić information content (AvgIpc) is 3.31. The van der Waals surface area contributed by atoms with E-state index in [1.165, 1.54) is 0 Å². The highest BCUT2D eigenvalue weighted by Crippen LogP contribution is 2.29.